The summed E-state index contributed by atoms with van der Waals surface area (Å²) in [5.41, 5.74) is 7.69. The van der Waals surface area contributed by atoms with Gasteiger partial charge in [0, 0.05) is 17.8 Å². The first-order valence-corrected chi connectivity index (χ1v) is 4.40. The van der Waals surface area contributed by atoms with E-state index in [1.807, 2.05) is 13.0 Å². The number of hydrogen-bond acceptors (Lipinski definition) is 2. The van der Waals surface area contributed by atoms with Crippen molar-refractivity contribution in [3.05, 3.63) is 42.0 Å². The number of nitrogens with one attached hydrogen (secondary N) is 1. The number of nitrogens with two attached hydrogens (primary N) is 1. The van der Waals surface area contributed by atoms with Crippen LogP contribution in [0.3, 0.4) is 0 Å². The van der Waals surface area contributed by atoms with Gasteiger partial charge in [0.2, 0.25) is 5.91 Å². The van der Waals surface area contributed by atoms with Gasteiger partial charge >= 0.3 is 0 Å². The molecule has 1 amide bonds. The molecule has 3 N–H and O–H groups in total. The molecule has 0 bridgehead atoms. The first kappa shape index (κ1) is 10.3. The van der Waals surface area contributed by atoms with Crippen LogP contribution in [0, 0.1) is 6.92 Å². The van der Waals surface area contributed by atoms with Crippen molar-refractivity contribution in [1.29, 1.82) is 0 Å². The highest BCUT2D eigenvalue weighted by Crippen LogP contribution is 2.16. The minimum absolute atomic E-state index is 0.411. The lowest BCUT2D eigenvalue weighted by atomic mass is 10.1. The van der Waals surface area contributed by atoms with E-state index in [-0.39, 0.29) is 0 Å². The van der Waals surface area contributed by atoms with Crippen molar-refractivity contribution < 1.29 is 4.79 Å². The first-order valence-electron chi connectivity index (χ1n) is 4.40. The molecule has 0 aliphatic rings. The highest BCUT2D eigenvalue weighted by Gasteiger charge is 2.03. The largest absolute Gasteiger partial charge is 0.381 e. The van der Waals surface area contributed by atoms with Crippen LogP contribution in [-0.2, 0) is 0 Å². The van der Waals surface area contributed by atoms with Gasteiger partial charge in [-0.05, 0) is 24.6 Å². The summed E-state index contributed by atoms with van der Waals surface area (Å²) >= 11 is 0. The van der Waals surface area contributed by atoms with Crippen LogP contribution in [0.1, 0.15) is 15.9 Å². The van der Waals surface area contributed by atoms with E-state index in [2.05, 4.69) is 11.9 Å². The first-order chi connectivity index (χ1) is 6.65. The van der Waals surface area contributed by atoms with Gasteiger partial charge < -0.3 is 11.1 Å². The zero-order valence-electron chi connectivity index (χ0n) is 8.21. The van der Waals surface area contributed by atoms with E-state index in [1.165, 1.54) is 0 Å². The van der Waals surface area contributed by atoms with Crippen LogP contribution in [0.5, 0.6) is 0 Å². The number of amides is 1. The van der Waals surface area contributed by atoms with Gasteiger partial charge in [-0.1, -0.05) is 12.1 Å². The number of anilines is 1. The number of carbonyl (C=O) groups is 1. The van der Waals surface area contributed by atoms with Gasteiger partial charge in [-0.2, -0.15) is 0 Å². The minimum Gasteiger partial charge on any atom is -0.381 e. The molecule has 0 atom stereocenters. The Bertz CT molecular complexity index is 358. The van der Waals surface area contributed by atoms with E-state index in [1.54, 1.807) is 18.2 Å². The molecule has 0 radical (unpaired) electrons. The highest BCUT2D eigenvalue weighted by atomic mass is 16.1. The lowest BCUT2D eigenvalue weighted by molar-refractivity contribution is 0.100. The molecular formula is C11H14N2O. The Balaban J connectivity index is 2.95. The Labute approximate surface area is 83.6 Å². The van der Waals surface area contributed by atoms with Crippen LogP contribution in [-0.4, -0.2) is 12.5 Å². The monoisotopic (exact) mass is 190 g/mol. The van der Waals surface area contributed by atoms with Gasteiger partial charge in [-0.25, -0.2) is 0 Å². The van der Waals surface area contributed by atoms with Crippen molar-refractivity contribution in [2.24, 2.45) is 5.73 Å². The van der Waals surface area contributed by atoms with Crippen LogP contribution in [0.4, 0.5) is 5.69 Å². The minimum atomic E-state index is -0.411. The van der Waals surface area contributed by atoms with Gasteiger partial charge in [-0.15, -0.1) is 6.58 Å². The Kier molecular flexibility index (Phi) is 3.29. The maximum atomic E-state index is 10.9. The second-order valence-electron chi connectivity index (χ2n) is 3.06. The third-order valence-electron chi connectivity index (χ3n) is 1.96. The molecule has 74 valence electrons. The number of carbonyl (C=O) groups excluding carboxylic acids is 1. The maximum absolute atomic E-state index is 10.9. The third kappa shape index (κ3) is 2.36. The molecule has 1 aromatic rings. The predicted molar refractivity (Wildman–Crippen MR) is 58.4 cm³/mol. The lowest BCUT2D eigenvalue weighted by Crippen LogP contribution is -2.11. The van der Waals surface area contributed by atoms with Crippen LogP contribution in [0.15, 0.2) is 30.9 Å². The van der Waals surface area contributed by atoms with Crippen molar-refractivity contribution in [3.63, 3.8) is 0 Å². The van der Waals surface area contributed by atoms with E-state index >= 15 is 0 Å². The second kappa shape index (κ2) is 4.46. The van der Waals surface area contributed by atoms with Crippen molar-refractivity contribution >= 4 is 11.6 Å². The number of hydrogen-bond donors (Lipinski definition) is 2. The zero-order chi connectivity index (χ0) is 10.6. The van der Waals surface area contributed by atoms with Crippen molar-refractivity contribution in [3.8, 4) is 0 Å². The fourth-order valence-electron chi connectivity index (χ4n) is 1.15. The predicted octanol–water partition coefficient (Wildman–Crippen LogP) is 1.69. The van der Waals surface area contributed by atoms with E-state index in [0.29, 0.717) is 12.1 Å². The summed E-state index contributed by atoms with van der Waals surface area (Å²) in [6.07, 6.45) is 1.76. The third-order valence-corrected chi connectivity index (χ3v) is 1.96. The Morgan fingerprint density at radius 3 is 2.93 bits per heavy atom. The van der Waals surface area contributed by atoms with Gasteiger partial charge in [0.25, 0.3) is 0 Å². The SMILES string of the molecule is C=CCNc1cc(C(N)=O)ccc1C. The van der Waals surface area contributed by atoms with Crippen LogP contribution < -0.4 is 11.1 Å². The topological polar surface area (TPSA) is 55.1 Å². The fourth-order valence-corrected chi connectivity index (χ4v) is 1.15. The summed E-state index contributed by atoms with van der Waals surface area (Å²) < 4.78 is 0. The molecule has 0 fully saturated rings. The Morgan fingerprint density at radius 1 is 1.64 bits per heavy atom. The number of primary amides is 1. The van der Waals surface area contributed by atoms with Gasteiger partial charge in [0.15, 0.2) is 0 Å². The molecule has 3 heteroatoms. The molecule has 0 heterocycles. The average Bonchev–Trinajstić information content (AvgIpc) is 2.16. The summed E-state index contributed by atoms with van der Waals surface area (Å²) in [4.78, 5) is 10.9. The number of rotatable bonds is 4. The molecule has 0 unspecified atom stereocenters. The molecule has 0 saturated carbocycles. The fraction of sp³-hybridized carbons (Fsp3) is 0.182. The van der Waals surface area contributed by atoms with Gasteiger partial charge in [0.05, 0.1) is 0 Å². The van der Waals surface area contributed by atoms with Crippen LogP contribution in [0.25, 0.3) is 0 Å². The summed E-state index contributed by atoms with van der Waals surface area (Å²) in [5.74, 6) is -0.411. The molecule has 1 rings (SSSR count). The van der Waals surface area contributed by atoms with Crippen molar-refractivity contribution in [2.45, 2.75) is 6.92 Å². The van der Waals surface area contributed by atoms with Crippen LogP contribution in [0.2, 0.25) is 0 Å². The molecule has 0 aromatic heterocycles. The number of benzene rings is 1. The summed E-state index contributed by atoms with van der Waals surface area (Å²) in [6, 6.07) is 5.34. The molecule has 0 saturated heterocycles. The highest BCUT2D eigenvalue weighted by molar-refractivity contribution is 5.94. The summed E-state index contributed by atoms with van der Waals surface area (Å²) in [5, 5.41) is 3.13. The molecule has 3 nitrogen and oxygen atoms in total. The molecule has 0 aliphatic carbocycles. The van der Waals surface area contributed by atoms with Gasteiger partial charge in [-0.3, -0.25) is 4.79 Å². The van der Waals surface area contributed by atoms with Crippen LogP contribution >= 0.6 is 0 Å². The molecule has 0 spiro atoms. The van der Waals surface area contributed by atoms with E-state index in [9.17, 15) is 4.79 Å². The molecule has 0 aliphatic heterocycles. The van der Waals surface area contributed by atoms with Gasteiger partial charge in [0.1, 0.15) is 0 Å². The van der Waals surface area contributed by atoms with Crippen molar-refractivity contribution in [2.75, 3.05) is 11.9 Å². The lowest BCUT2D eigenvalue weighted by Gasteiger charge is -2.08. The Morgan fingerprint density at radius 2 is 2.36 bits per heavy atom. The second-order valence-corrected chi connectivity index (χ2v) is 3.06. The molecule has 14 heavy (non-hydrogen) atoms. The average molecular weight is 190 g/mol. The summed E-state index contributed by atoms with van der Waals surface area (Å²) in [6.45, 7) is 6.25. The maximum Gasteiger partial charge on any atom is 0.248 e. The number of aryl methyl sites for hydroxylation is 1. The zero-order valence-corrected chi connectivity index (χ0v) is 8.21. The standard InChI is InChI=1S/C11H14N2O/c1-3-6-13-10-7-9(11(12)14)5-4-8(10)2/h3-5,7,13H,1,6H2,2H3,(H2,12,14). The van der Waals surface area contributed by atoms with E-state index in [0.717, 1.165) is 11.3 Å². The normalized spacial score (nSPS) is 9.50. The summed E-state index contributed by atoms with van der Waals surface area (Å²) in [7, 11) is 0. The quantitative estimate of drug-likeness (QED) is 0.710. The molecular weight excluding hydrogens is 176 g/mol. The molecule has 1 aromatic carbocycles. The van der Waals surface area contributed by atoms with E-state index in [4.69, 9.17) is 5.73 Å². The smallest absolute Gasteiger partial charge is 0.248 e. The Hall–Kier alpha value is -1.77. The van der Waals surface area contributed by atoms with Crippen molar-refractivity contribution in [1.82, 2.24) is 0 Å². The van der Waals surface area contributed by atoms with E-state index < -0.39 is 5.91 Å².